The Bertz CT molecular complexity index is 643. The van der Waals surface area contributed by atoms with Gasteiger partial charge in [-0.1, -0.05) is 0 Å². The first kappa shape index (κ1) is 15.5. The lowest BCUT2D eigenvalue weighted by Crippen LogP contribution is -2.37. The molecule has 0 aromatic carbocycles. The summed E-state index contributed by atoms with van der Waals surface area (Å²) in [6.45, 7) is 4.43. The van der Waals surface area contributed by atoms with E-state index in [-0.39, 0.29) is 23.7 Å². The molecule has 0 radical (unpaired) electrons. The summed E-state index contributed by atoms with van der Waals surface area (Å²) in [6, 6.07) is 0. The summed E-state index contributed by atoms with van der Waals surface area (Å²) in [5, 5.41) is 0. The predicted octanol–water partition coefficient (Wildman–Crippen LogP) is -0.592. The Kier molecular flexibility index (Phi) is 3.85. The van der Waals surface area contributed by atoms with Gasteiger partial charge in [-0.2, -0.15) is 0 Å². The van der Waals surface area contributed by atoms with Gasteiger partial charge in [-0.05, 0) is 6.92 Å². The lowest BCUT2D eigenvalue weighted by atomic mass is 9.88. The molecular formula is C15H19N3O5. The topological polar surface area (TPSA) is 102 Å². The Morgan fingerprint density at radius 2 is 1.70 bits per heavy atom. The van der Waals surface area contributed by atoms with Gasteiger partial charge in [-0.3, -0.25) is 9.59 Å². The van der Waals surface area contributed by atoms with Crippen LogP contribution in [0, 0.1) is 0 Å². The molecule has 23 heavy (non-hydrogen) atoms. The Labute approximate surface area is 133 Å². The molecule has 3 rings (SSSR count). The molecule has 1 amide bonds. The number of primary amides is 1. The molecule has 8 nitrogen and oxygen atoms in total. The number of methoxy groups -OCH3 is 1. The molecule has 0 aromatic heterocycles. The molecule has 1 atom stereocenters. The van der Waals surface area contributed by atoms with Gasteiger partial charge in [0.05, 0.1) is 17.0 Å². The maximum absolute atomic E-state index is 13.0. The van der Waals surface area contributed by atoms with E-state index in [1.54, 1.807) is 6.92 Å². The molecule has 2 heterocycles. The lowest BCUT2D eigenvalue weighted by molar-refractivity contribution is -0.119. The van der Waals surface area contributed by atoms with Crippen molar-refractivity contribution in [1.82, 2.24) is 9.80 Å². The van der Waals surface area contributed by atoms with Crippen LogP contribution in [0.5, 0.6) is 0 Å². The van der Waals surface area contributed by atoms with Crippen LogP contribution in [0.2, 0.25) is 0 Å². The number of rotatable bonds is 6. The van der Waals surface area contributed by atoms with Crippen LogP contribution < -0.4 is 5.73 Å². The predicted molar refractivity (Wildman–Crippen MR) is 79.2 cm³/mol. The number of Topliss-reactive ketones (excluding diaryl/α,β-unsaturated/α-hetero) is 2. The molecule has 3 aliphatic rings. The normalized spacial score (nSPS) is 21.8. The SMILES string of the molecule is CO[C@@H](COC(N)=O)C1=C(N2CC2)C(=O)C(C)=C(N2CC2)C1=O. The first-order valence-electron chi connectivity index (χ1n) is 7.45. The van der Waals surface area contributed by atoms with Gasteiger partial charge in [0.1, 0.15) is 12.7 Å². The minimum Gasteiger partial charge on any atom is -0.447 e. The Morgan fingerprint density at radius 1 is 1.13 bits per heavy atom. The van der Waals surface area contributed by atoms with E-state index in [1.807, 2.05) is 9.80 Å². The highest BCUT2D eigenvalue weighted by atomic mass is 16.6. The third-order valence-corrected chi connectivity index (χ3v) is 4.14. The minimum absolute atomic E-state index is 0.167. The second-order valence-corrected chi connectivity index (χ2v) is 5.72. The van der Waals surface area contributed by atoms with Crippen LogP contribution in [0.15, 0.2) is 22.5 Å². The van der Waals surface area contributed by atoms with Crippen LogP contribution >= 0.6 is 0 Å². The van der Waals surface area contributed by atoms with E-state index in [0.717, 1.165) is 26.2 Å². The van der Waals surface area contributed by atoms with E-state index >= 15 is 0 Å². The summed E-state index contributed by atoms with van der Waals surface area (Å²) in [4.78, 5) is 40.2. The summed E-state index contributed by atoms with van der Waals surface area (Å²) in [5.41, 5.74) is 6.49. The number of allylic oxidation sites excluding steroid dienone is 2. The molecule has 8 heteroatoms. The number of ether oxygens (including phenoxy) is 2. The van der Waals surface area contributed by atoms with Gasteiger partial charge in [0.25, 0.3) is 0 Å². The number of carbonyl (C=O) groups excluding carboxylic acids is 3. The third kappa shape index (κ3) is 2.81. The lowest BCUT2D eigenvalue weighted by Gasteiger charge is -2.27. The molecule has 0 unspecified atom stereocenters. The van der Waals surface area contributed by atoms with E-state index in [1.165, 1.54) is 7.11 Å². The number of hydrogen-bond donors (Lipinski definition) is 1. The van der Waals surface area contributed by atoms with Crippen molar-refractivity contribution in [3.63, 3.8) is 0 Å². The molecule has 2 N–H and O–H groups in total. The van der Waals surface area contributed by atoms with Crippen LogP contribution in [0.4, 0.5) is 4.79 Å². The van der Waals surface area contributed by atoms with E-state index in [4.69, 9.17) is 15.2 Å². The fourth-order valence-corrected chi connectivity index (χ4v) is 2.78. The summed E-state index contributed by atoms with van der Waals surface area (Å²) in [6.07, 6.45) is -1.77. The average Bonchev–Trinajstić information content (AvgIpc) is 3.36. The van der Waals surface area contributed by atoms with Crippen molar-refractivity contribution in [2.24, 2.45) is 5.73 Å². The number of hydrogen-bond acceptors (Lipinski definition) is 7. The number of amides is 1. The van der Waals surface area contributed by atoms with E-state index in [9.17, 15) is 14.4 Å². The standard InChI is InChI=1S/C15H19N3O5/c1-8-11(17-3-4-17)14(20)10(9(22-2)7-23-15(16)21)12(13(8)19)18-5-6-18/h9H,3-7H2,1-2H3,(H2,16,21)/t9-/m0/s1. The summed E-state index contributed by atoms with van der Waals surface area (Å²) in [5.74, 6) is -0.401. The first-order chi connectivity index (χ1) is 11.0. The van der Waals surface area contributed by atoms with E-state index in [0.29, 0.717) is 17.0 Å². The number of nitrogens with zero attached hydrogens (tertiary/aromatic N) is 2. The molecule has 2 saturated heterocycles. The number of carbonyl (C=O) groups is 3. The van der Waals surface area contributed by atoms with Crippen LogP contribution in [0.1, 0.15) is 6.92 Å². The largest absolute Gasteiger partial charge is 0.447 e. The zero-order valence-electron chi connectivity index (χ0n) is 13.1. The van der Waals surface area contributed by atoms with Crippen molar-refractivity contribution >= 4 is 17.7 Å². The highest BCUT2D eigenvalue weighted by Gasteiger charge is 2.44. The van der Waals surface area contributed by atoms with Gasteiger partial charge >= 0.3 is 6.09 Å². The molecule has 0 spiro atoms. The van der Waals surface area contributed by atoms with Gasteiger partial charge in [-0.25, -0.2) is 4.79 Å². The molecule has 1 aliphatic carbocycles. The average molecular weight is 321 g/mol. The monoisotopic (exact) mass is 321 g/mol. The van der Waals surface area contributed by atoms with Crippen molar-refractivity contribution in [3.8, 4) is 0 Å². The molecule has 0 bridgehead atoms. The van der Waals surface area contributed by atoms with Gasteiger partial charge in [0.2, 0.25) is 11.6 Å². The summed E-state index contributed by atoms with van der Waals surface area (Å²) < 4.78 is 10.1. The molecule has 0 saturated carbocycles. The van der Waals surface area contributed by atoms with Crippen molar-refractivity contribution in [1.29, 1.82) is 0 Å². The molecular weight excluding hydrogens is 302 g/mol. The van der Waals surface area contributed by atoms with Gasteiger partial charge in [0, 0.05) is 38.9 Å². The Balaban J connectivity index is 1.99. The Hall–Kier alpha value is -2.35. The summed E-state index contributed by atoms with van der Waals surface area (Å²) >= 11 is 0. The van der Waals surface area contributed by atoms with Crippen molar-refractivity contribution in [2.45, 2.75) is 13.0 Å². The molecule has 0 aromatic rings. The fourth-order valence-electron chi connectivity index (χ4n) is 2.78. The molecule has 2 fully saturated rings. The van der Waals surface area contributed by atoms with E-state index in [2.05, 4.69) is 0 Å². The smallest absolute Gasteiger partial charge is 0.404 e. The van der Waals surface area contributed by atoms with Crippen molar-refractivity contribution in [2.75, 3.05) is 39.9 Å². The van der Waals surface area contributed by atoms with E-state index < -0.39 is 12.2 Å². The third-order valence-electron chi connectivity index (χ3n) is 4.14. The zero-order chi connectivity index (χ0) is 16.7. The fraction of sp³-hybridized carbons (Fsp3) is 0.533. The van der Waals surface area contributed by atoms with Crippen LogP contribution in [0.25, 0.3) is 0 Å². The highest BCUT2D eigenvalue weighted by molar-refractivity contribution is 6.25. The second-order valence-electron chi connectivity index (χ2n) is 5.72. The van der Waals surface area contributed by atoms with Crippen LogP contribution in [-0.4, -0.2) is 73.5 Å². The first-order valence-corrected chi connectivity index (χ1v) is 7.45. The zero-order valence-corrected chi connectivity index (χ0v) is 13.1. The highest BCUT2D eigenvalue weighted by Crippen LogP contribution is 2.35. The maximum Gasteiger partial charge on any atom is 0.404 e. The van der Waals surface area contributed by atoms with Crippen molar-refractivity contribution < 1.29 is 23.9 Å². The Morgan fingerprint density at radius 3 is 2.17 bits per heavy atom. The van der Waals surface area contributed by atoms with Crippen molar-refractivity contribution in [3.05, 3.63) is 22.5 Å². The minimum atomic E-state index is -0.951. The van der Waals surface area contributed by atoms with Gasteiger partial charge in [0.15, 0.2) is 0 Å². The van der Waals surface area contributed by atoms with Gasteiger partial charge in [-0.15, -0.1) is 0 Å². The molecule has 2 aliphatic heterocycles. The number of ketones is 2. The van der Waals surface area contributed by atoms with Crippen LogP contribution in [0.3, 0.4) is 0 Å². The maximum atomic E-state index is 13.0. The second kappa shape index (κ2) is 5.69. The number of nitrogens with two attached hydrogens (primary N) is 1. The quantitative estimate of drug-likeness (QED) is 0.515. The van der Waals surface area contributed by atoms with Gasteiger partial charge < -0.3 is 25.0 Å². The summed E-state index contributed by atoms with van der Waals surface area (Å²) in [7, 11) is 1.40. The molecule has 124 valence electrons. The van der Waals surface area contributed by atoms with Crippen LogP contribution in [-0.2, 0) is 19.1 Å².